The van der Waals surface area contributed by atoms with E-state index in [0.717, 1.165) is 5.56 Å². The van der Waals surface area contributed by atoms with Crippen LogP contribution in [0.15, 0.2) is 71.2 Å². The smallest absolute Gasteiger partial charge is 0.250 e. The van der Waals surface area contributed by atoms with Crippen LogP contribution in [0.1, 0.15) is 5.76 Å². The van der Waals surface area contributed by atoms with E-state index >= 15 is 0 Å². The summed E-state index contributed by atoms with van der Waals surface area (Å²) in [4.78, 5) is 11.9. The molecule has 1 heterocycles. The van der Waals surface area contributed by atoms with Gasteiger partial charge in [0.25, 0.3) is 0 Å². The molecule has 0 radical (unpaired) electrons. The Morgan fingerprint density at radius 3 is 2.56 bits per heavy atom. The number of carbonyl (C=O) groups excluding carboxylic acids is 1. The van der Waals surface area contributed by atoms with E-state index in [1.54, 1.807) is 36.4 Å². The minimum Gasteiger partial charge on any atom is -0.457 e. The zero-order chi connectivity index (χ0) is 19.2. The first-order valence-electron chi connectivity index (χ1n) is 7.91. The van der Waals surface area contributed by atoms with E-state index in [-0.39, 0.29) is 10.8 Å². The highest BCUT2D eigenvalue weighted by Gasteiger charge is 2.06. The van der Waals surface area contributed by atoms with E-state index in [1.807, 2.05) is 12.1 Å². The van der Waals surface area contributed by atoms with Crippen molar-refractivity contribution in [3.63, 3.8) is 0 Å². The van der Waals surface area contributed by atoms with Crippen molar-refractivity contribution in [1.29, 1.82) is 0 Å². The fourth-order valence-corrected chi connectivity index (χ4v) is 2.58. The molecular weight excluding hydrogens is 387 g/mol. The van der Waals surface area contributed by atoms with Gasteiger partial charge in [-0.15, -0.1) is 0 Å². The summed E-state index contributed by atoms with van der Waals surface area (Å²) in [6.45, 7) is 0. The second kappa shape index (κ2) is 8.62. The average Bonchev–Trinajstić information content (AvgIpc) is 3.11. The Hall–Kier alpha value is -2.96. The molecule has 0 saturated heterocycles. The second-order valence-corrected chi connectivity index (χ2v) is 6.31. The summed E-state index contributed by atoms with van der Waals surface area (Å²) >= 11 is 10.9. The van der Waals surface area contributed by atoms with Gasteiger partial charge in [-0.3, -0.25) is 10.1 Å². The Morgan fingerprint density at radius 1 is 1.07 bits per heavy atom. The summed E-state index contributed by atoms with van der Waals surface area (Å²) in [6.07, 6.45) is 2.79. The minimum absolute atomic E-state index is 0.00366. The quantitative estimate of drug-likeness (QED) is 0.463. The van der Waals surface area contributed by atoms with Crippen molar-refractivity contribution < 1.29 is 13.6 Å². The van der Waals surface area contributed by atoms with Crippen LogP contribution in [0.2, 0.25) is 5.02 Å². The van der Waals surface area contributed by atoms with Crippen LogP contribution in [-0.4, -0.2) is 11.0 Å². The summed E-state index contributed by atoms with van der Waals surface area (Å²) in [7, 11) is 0. The molecule has 3 aromatic rings. The minimum atomic E-state index is -0.465. The van der Waals surface area contributed by atoms with E-state index in [0.29, 0.717) is 16.5 Å². The van der Waals surface area contributed by atoms with Gasteiger partial charge in [0, 0.05) is 16.7 Å². The summed E-state index contributed by atoms with van der Waals surface area (Å²) in [5, 5.41) is 5.71. The van der Waals surface area contributed by atoms with Crippen LogP contribution >= 0.6 is 23.8 Å². The van der Waals surface area contributed by atoms with E-state index in [1.165, 1.54) is 24.3 Å². The molecule has 27 heavy (non-hydrogen) atoms. The van der Waals surface area contributed by atoms with Gasteiger partial charge in [0.15, 0.2) is 5.11 Å². The third-order valence-electron chi connectivity index (χ3n) is 3.51. The molecule has 0 saturated carbocycles. The molecule has 3 rings (SSSR count). The van der Waals surface area contributed by atoms with Crippen molar-refractivity contribution in [3.05, 3.63) is 83.3 Å². The van der Waals surface area contributed by atoms with E-state index in [9.17, 15) is 9.18 Å². The molecule has 7 heteroatoms. The molecule has 0 fully saturated rings. The molecule has 0 unspecified atom stereocenters. The molecule has 4 nitrogen and oxygen atoms in total. The van der Waals surface area contributed by atoms with Gasteiger partial charge in [-0.05, 0) is 66.8 Å². The second-order valence-electron chi connectivity index (χ2n) is 5.47. The molecule has 0 aliphatic heterocycles. The number of carbonyl (C=O) groups is 1. The fourth-order valence-electron chi connectivity index (χ4n) is 2.24. The fraction of sp³-hybridized carbons (Fsp3) is 0. The number of halogens is 2. The largest absolute Gasteiger partial charge is 0.457 e. The van der Waals surface area contributed by atoms with Gasteiger partial charge in [0.1, 0.15) is 17.3 Å². The summed E-state index contributed by atoms with van der Waals surface area (Å²) < 4.78 is 19.2. The predicted octanol–water partition coefficient (Wildman–Crippen LogP) is 5.27. The first-order valence-corrected chi connectivity index (χ1v) is 8.70. The number of thiocarbonyl (C=S) groups is 1. The van der Waals surface area contributed by atoms with Crippen molar-refractivity contribution in [3.8, 4) is 11.3 Å². The highest BCUT2D eigenvalue weighted by Crippen LogP contribution is 2.24. The Morgan fingerprint density at radius 2 is 1.81 bits per heavy atom. The lowest BCUT2D eigenvalue weighted by atomic mass is 10.2. The summed E-state index contributed by atoms with van der Waals surface area (Å²) in [5.74, 6) is 0.231. The molecule has 0 bridgehead atoms. The molecule has 1 amide bonds. The van der Waals surface area contributed by atoms with E-state index < -0.39 is 11.7 Å². The lowest BCUT2D eigenvalue weighted by Crippen LogP contribution is -2.33. The number of rotatable bonds is 4. The molecule has 0 spiro atoms. The first-order chi connectivity index (χ1) is 13.0. The monoisotopic (exact) mass is 400 g/mol. The van der Waals surface area contributed by atoms with Gasteiger partial charge in [0.2, 0.25) is 5.91 Å². The SMILES string of the molecule is O=C(C=Cc1ccc(-c2ccc(Cl)cc2)o1)NC(=S)Nc1ccccc1F. The number of amides is 1. The van der Waals surface area contributed by atoms with Gasteiger partial charge in [0.05, 0.1) is 5.69 Å². The number of furan rings is 1. The standard InChI is InChI=1S/C20H14ClFN2O2S/c21-14-7-5-13(6-8-14)18-11-9-15(26-18)10-12-19(25)24-20(27)23-17-4-2-1-3-16(17)22/h1-12H,(H2,23,24,25,27). The molecule has 1 aromatic heterocycles. The van der Waals surface area contributed by atoms with Gasteiger partial charge in [-0.25, -0.2) is 4.39 Å². The Labute approximate surface area is 165 Å². The summed E-state index contributed by atoms with van der Waals surface area (Å²) in [5.41, 5.74) is 1.06. The topological polar surface area (TPSA) is 54.3 Å². The Bertz CT molecular complexity index is 999. The molecule has 2 aromatic carbocycles. The Kier molecular flexibility index (Phi) is 6.01. The molecule has 136 valence electrons. The molecule has 0 aliphatic carbocycles. The van der Waals surface area contributed by atoms with Crippen molar-refractivity contribution in [1.82, 2.24) is 5.32 Å². The van der Waals surface area contributed by atoms with Crippen LogP contribution in [0.5, 0.6) is 0 Å². The van der Waals surface area contributed by atoms with Crippen LogP contribution in [-0.2, 0) is 4.79 Å². The van der Waals surface area contributed by atoms with Crippen molar-refractivity contribution in [2.45, 2.75) is 0 Å². The van der Waals surface area contributed by atoms with E-state index in [2.05, 4.69) is 10.6 Å². The average molecular weight is 401 g/mol. The number of benzene rings is 2. The van der Waals surface area contributed by atoms with Gasteiger partial charge in [-0.2, -0.15) is 0 Å². The van der Waals surface area contributed by atoms with E-state index in [4.69, 9.17) is 28.2 Å². The number of para-hydroxylation sites is 1. The van der Waals surface area contributed by atoms with Crippen LogP contribution in [0, 0.1) is 5.82 Å². The number of hydrogen-bond acceptors (Lipinski definition) is 3. The lowest BCUT2D eigenvalue weighted by molar-refractivity contribution is -0.115. The van der Waals surface area contributed by atoms with Crippen molar-refractivity contribution in [2.24, 2.45) is 0 Å². The third kappa shape index (κ3) is 5.26. The van der Waals surface area contributed by atoms with Crippen LogP contribution < -0.4 is 10.6 Å². The predicted molar refractivity (Wildman–Crippen MR) is 109 cm³/mol. The number of anilines is 1. The van der Waals surface area contributed by atoms with Gasteiger partial charge >= 0.3 is 0 Å². The number of nitrogens with one attached hydrogen (secondary N) is 2. The Balaban J connectivity index is 1.58. The zero-order valence-corrected chi connectivity index (χ0v) is 15.5. The van der Waals surface area contributed by atoms with Crippen molar-refractivity contribution in [2.75, 3.05) is 5.32 Å². The molecule has 0 atom stereocenters. The van der Waals surface area contributed by atoms with Crippen molar-refractivity contribution >= 4 is 46.6 Å². The first kappa shape index (κ1) is 18.8. The maximum atomic E-state index is 13.6. The normalized spacial score (nSPS) is 10.7. The maximum Gasteiger partial charge on any atom is 0.250 e. The number of hydrogen-bond donors (Lipinski definition) is 2. The highest BCUT2D eigenvalue weighted by molar-refractivity contribution is 7.80. The van der Waals surface area contributed by atoms with Crippen LogP contribution in [0.4, 0.5) is 10.1 Å². The summed E-state index contributed by atoms with van der Waals surface area (Å²) in [6, 6.07) is 16.8. The lowest BCUT2D eigenvalue weighted by Gasteiger charge is -2.08. The van der Waals surface area contributed by atoms with Crippen LogP contribution in [0.3, 0.4) is 0 Å². The molecule has 0 aliphatic rings. The van der Waals surface area contributed by atoms with Gasteiger partial charge < -0.3 is 9.73 Å². The zero-order valence-electron chi connectivity index (χ0n) is 13.9. The third-order valence-corrected chi connectivity index (χ3v) is 3.97. The highest BCUT2D eigenvalue weighted by atomic mass is 35.5. The van der Waals surface area contributed by atoms with Crippen LogP contribution in [0.25, 0.3) is 17.4 Å². The maximum absolute atomic E-state index is 13.6. The molecular formula is C20H14ClFN2O2S. The van der Waals surface area contributed by atoms with Gasteiger partial charge in [-0.1, -0.05) is 23.7 Å². The molecule has 2 N–H and O–H groups in total.